The SMILES string of the molecule is C[C@H]1CN(c2ccc(NC(=O)c3oc(N4CCC(c5ccccc5)CC4)nc3C(F)(F)F)cn2)CCN1C(=O)Nc1ccccc1F. The number of alkyl halides is 3. The Balaban J connectivity index is 1.07. The van der Waals surface area contributed by atoms with E-state index in [0.717, 1.165) is 0 Å². The maximum atomic E-state index is 14.0. The summed E-state index contributed by atoms with van der Waals surface area (Å²) in [6, 6.07) is 18.1. The first-order valence-corrected chi connectivity index (χ1v) is 15.3. The zero-order chi connectivity index (χ0) is 33.1. The molecular formula is C33H33F4N7O3. The number of para-hydroxylation sites is 1. The Labute approximate surface area is 268 Å². The second kappa shape index (κ2) is 13.3. The number of urea groups is 1. The predicted molar refractivity (Wildman–Crippen MR) is 168 cm³/mol. The Hall–Kier alpha value is -5.14. The maximum Gasteiger partial charge on any atom is 0.437 e. The van der Waals surface area contributed by atoms with Crippen molar-refractivity contribution in [3.8, 4) is 0 Å². The fraction of sp³-hybridized carbons (Fsp3) is 0.333. The number of hydrogen-bond donors (Lipinski definition) is 2. The minimum Gasteiger partial charge on any atom is -0.417 e. The molecule has 14 heteroatoms. The Morgan fingerprint density at radius 1 is 0.894 bits per heavy atom. The van der Waals surface area contributed by atoms with Gasteiger partial charge in [0.1, 0.15) is 11.6 Å². The Bertz CT molecular complexity index is 1710. The summed E-state index contributed by atoms with van der Waals surface area (Å²) in [5.74, 6) is -1.70. The highest BCUT2D eigenvalue weighted by molar-refractivity contribution is 6.03. The van der Waals surface area contributed by atoms with Gasteiger partial charge in [0.15, 0.2) is 5.69 Å². The van der Waals surface area contributed by atoms with E-state index in [1.807, 2.05) is 42.2 Å². The highest BCUT2D eigenvalue weighted by Gasteiger charge is 2.42. The third-order valence-corrected chi connectivity index (χ3v) is 8.46. The van der Waals surface area contributed by atoms with E-state index in [2.05, 4.69) is 20.6 Å². The number of pyridine rings is 1. The lowest BCUT2D eigenvalue weighted by atomic mass is 9.90. The van der Waals surface area contributed by atoms with E-state index < -0.39 is 35.4 Å². The number of oxazole rings is 1. The van der Waals surface area contributed by atoms with Crippen molar-refractivity contribution in [2.24, 2.45) is 0 Å². The van der Waals surface area contributed by atoms with E-state index in [1.165, 1.54) is 36.0 Å². The molecule has 6 rings (SSSR count). The van der Waals surface area contributed by atoms with Gasteiger partial charge in [0, 0.05) is 38.8 Å². The highest BCUT2D eigenvalue weighted by Crippen LogP contribution is 2.36. The molecule has 0 saturated carbocycles. The molecule has 2 fully saturated rings. The van der Waals surface area contributed by atoms with Crippen LogP contribution in [-0.2, 0) is 6.18 Å². The molecule has 10 nitrogen and oxygen atoms in total. The number of aromatic nitrogens is 2. The monoisotopic (exact) mass is 651 g/mol. The number of benzene rings is 2. The van der Waals surface area contributed by atoms with Gasteiger partial charge in [-0.1, -0.05) is 42.5 Å². The van der Waals surface area contributed by atoms with Gasteiger partial charge in [-0.25, -0.2) is 14.2 Å². The lowest BCUT2D eigenvalue weighted by molar-refractivity contribution is -0.141. The van der Waals surface area contributed by atoms with Crippen LogP contribution >= 0.6 is 0 Å². The first-order chi connectivity index (χ1) is 22.6. The molecule has 0 spiro atoms. The van der Waals surface area contributed by atoms with Crippen LogP contribution in [0.25, 0.3) is 0 Å². The fourth-order valence-corrected chi connectivity index (χ4v) is 5.97. The normalized spacial score (nSPS) is 17.5. The summed E-state index contributed by atoms with van der Waals surface area (Å²) in [6.45, 7) is 3.95. The lowest BCUT2D eigenvalue weighted by Crippen LogP contribution is -2.55. The van der Waals surface area contributed by atoms with Gasteiger partial charge in [-0.3, -0.25) is 4.79 Å². The molecule has 2 N–H and O–H groups in total. The lowest BCUT2D eigenvalue weighted by Gasteiger charge is -2.40. The van der Waals surface area contributed by atoms with Gasteiger partial charge >= 0.3 is 12.2 Å². The molecule has 2 aromatic heterocycles. The first kappa shape index (κ1) is 31.8. The molecule has 4 heterocycles. The zero-order valence-electron chi connectivity index (χ0n) is 25.5. The average molecular weight is 652 g/mol. The number of anilines is 4. The van der Waals surface area contributed by atoms with Crippen molar-refractivity contribution in [2.45, 2.75) is 37.9 Å². The Morgan fingerprint density at radius 2 is 1.62 bits per heavy atom. The molecule has 246 valence electrons. The number of rotatable bonds is 6. The van der Waals surface area contributed by atoms with Crippen molar-refractivity contribution in [1.82, 2.24) is 14.9 Å². The standard InChI is InChI=1S/C33H33F4N7O3/c1-21-20-43(17-18-44(21)31(46)40-26-10-6-5-9-25(26)34)27-12-11-24(19-38-27)39-30(45)28-29(33(35,36)37)41-32(47-28)42-15-13-23(14-16-42)22-7-3-2-4-8-22/h2-12,19,21,23H,13-18,20H2,1H3,(H,39,45)(H,40,46)/t21-/m0/s1. The summed E-state index contributed by atoms with van der Waals surface area (Å²) in [6.07, 6.45) is -2.14. The van der Waals surface area contributed by atoms with Crippen LogP contribution in [0, 0.1) is 5.82 Å². The topological polar surface area (TPSA) is 107 Å². The minimum absolute atomic E-state index is 0.0961. The largest absolute Gasteiger partial charge is 0.437 e. The quantitative estimate of drug-likeness (QED) is 0.226. The van der Waals surface area contributed by atoms with Crippen molar-refractivity contribution >= 4 is 35.1 Å². The van der Waals surface area contributed by atoms with Crippen LogP contribution in [0.1, 0.15) is 47.5 Å². The minimum atomic E-state index is -4.90. The van der Waals surface area contributed by atoms with Gasteiger partial charge in [-0.15, -0.1) is 0 Å². The molecule has 0 aliphatic carbocycles. The van der Waals surface area contributed by atoms with Crippen molar-refractivity contribution in [3.63, 3.8) is 0 Å². The average Bonchev–Trinajstić information content (AvgIpc) is 3.54. The number of nitrogens with one attached hydrogen (secondary N) is 2. The summed E-state index contributed by atoms with van der Waals surface area (Å²) < 4.78 is 61.2. The van der Waals surface area contributed by atoms with E-state index in [-0.39, 0.29) is 29.3 Å². The van der Waals surface area contributed by atoms with Crippen LogP contribution in [0.5, 0.6) is 0 Å². The predicted octanol–water partition coefficient (Wildman–Crippen LogP) is 6.61. The molecule has 1 atom stereocenters. The molecule has 2 saturated heterocycles. The number of carbonyl (C=O) groups excluding carboxylic acids is 2. The molecule has 0 unspecified atom stereocenters. The van der Waals surface area contributed by atoms with Crippen LogP contribution in [0.2, 0.25) is 0 Å². The maximum absolute atomic E-state index is 14.0. The zero-order valence-corrected chi connectivity index (χ0v) is 25.5. The van der Waals surface area contributed by atoms with Gasteiger partial charge in [-0.2, -0.15) is 18.2 Å². The van der Waals surface area contributed by atoms with Crippen LogP contribution < -0.4 is 20.4 Å². The molecular weight excluding hydrogens is 618 g/mol. The Morgan fingerprint density at radius 3 is 2.28 bits per heavy atom. The van der Waals surface area contributed by atoms with Crippen molar-refractivity contribution in [3.05, 3.63) is 95.8 Å². The van der Waals surface area contributed by atoms with E-state index in [1.54, 1.807) is 21.9 Å². The van der Waals surface area contributed by atoms with E-state index >= 15 is 0 Å². The number of nitrogens with zero attached hydrogens (tertiary/aromatic N) is 5. The summed E-state index contributed by atoms with van der Waals surface area (Å²) in [7, 11) is 0. The molecule has 2 aliphatic heterocycles. The van der Waals surface area contributed by atoms with Gasteiger partial charge in [0.05, 0.1) is 17.6 Å². The molecule has 0 bridgehead atoms. The van der Waals surface area contributed by atoms with Gasteiger partial charge in [-0.05, 0) is 55.5 Å². The number of amides is 3. The van der Waals surface area contributed by atoms with Gasteiger partial charge in [0.2, 0.25) is 5.76 Å². The number of piperidine rings is 1. The second-order valence-electron chi connectivity index (χ2n) is 11.6. The van der Waals surface area contributed by atoms with Gasteiger partial charge < -0.3 is 29.8 Å². The number of piperazine rings is 1. The number of halogens is 4. The molecule has 2 aromatic carbocycles. The van der Waals surface area contributed by atoms with Crippen LogP contribution in [0.3, 0.4) is 0 Å². The first-order valence-electron chi connectivity index (χ1n) is 15.3. The summed E-state index contributed by atoms with van der Waals surface area (Å²) in [5, 5.41) is 5.04. The molecule has 2 aliphatic rings. The van der Waals surface area contributed by atoms with E-state index in [0.29, 0.717) is 51.4 Å². The third kappa shape index (κ3) is 7.16. The van der Waals surface area contributed by atoms with Crippen molar-refractivity contribution in [2.75, 3.05) is 53.2 Å². The smallest absolute Gasteiger partial charge is 0.417 e. The van der Waals surface area contributed by atoms with Crippen LogP contribution in [-0.4, -0.2) is 65.6 Å². The molecule has 4 aromatic rings. The van der Waals surface area contributed by atoms with Crippen molar-refractivity contribution < 1.29 is 31.6 Å². The third-order valence-electron chi connectivity index (χ3n) is 8.46. The summed E-state index contributed by atoms with van der Waals surface area (Å²) in [4.78, 5) is 39.0. The van der Waals surface area contributed by atoms with E-state index in [4.69, 9.17) is 4.42 Å². The number of hydrogen-bond acceptors (Lipinski definition) is 7. The van der Waals surface area contributed by atoms with Crippen molar-refractivity contribution in [1.29, 1.82) is 0 Å². The summed E-state index contributed by atoms with van der Waals surface area (Å²) >= 11 is 0. The highest BCUT2D eigenvalue weighted by atomic mass is 19.4. The molecule has 47 heavy (non-hydrogen) atoms. The van der Waals surface area contributed by atoms with Crippen LogP contribution in [0.15, 0.2) is 77.3 Å². The molecule has 0 radical (unpaired) electrons. The van der Waals surface area contributed by atoms with Crippen LogP contribution in [0.4, 0.5) is 45.6 Å². The molecule has 3 amide bonds. The fourth-order valence-electron chi connectivity index (χ4n) is 5.97. The second-order valence-corrected chi connectivity index (χ2v) is 11.6. The Kier molecular flexibility index (Phi) is 9.01. The van der Waals surface area contributed by atoms with Gasteiger partial charge in [0.25, 0.3) is 11.9 Å². The van der Waals surface area contributed by atoms with E-state index in [9.17, 15) is 27.2 Å². The summed E-state index contributed by atoms with van der Waals surface area (Å²) in [5.41, 5.74) is 0.0602. The number of carbonyl (C=O) groups is 2.